The summed E-state index contributed by atoms with van der Waals surface area (Å²) in [5.74, 6) is -0.00877. The van der Waals surface area contributed by atoms with Gasteiger partial charge in [0.1, 0.15) is 17.3 Å². The van der Waals surface area contributed by atoms with Crippen LogP contribution in [0.5, 0.6) is 0 Å². The summed E-state index contributed by atoms with van der Waals surface area (Å²) in [4.78, 5) is 29.7. The van der Waals surface area contributed by atoms with E-state index < -0.39 is 0 Å². The van der Waals surface area contributed by atoms with Gasteiger partial charge in [-0.3, -0.25) is 9.59 Å². The summed E-state index contributed by atoms with van der Waals surface area (Å²) in [7, 11) is 1.55. The Labute approximate surface area is 109 Å². The minimum Gasteiger partial charge on any atom is -0.383 e. The number of anilines is 1. The molecule has 0 radical (unpaired) electrons. The van der Waals surface area contributed by atoms with Crippen LogP contribution in [0, 0.1) is 0 Å². The Hall–Kier alpha value is -1.73. The number of methoxy groups -OCH3 is 1. The number of ether oxygens (including phenoxy) is 1. The van der Waals surface area contributed by atoms with Gasteiger partial charge in [0.25, 0.3) is 0 Å². The zero-order valence-corrected chi connectivity index (χ0v) is 10.5. The second-order valence-corrected chi connectivity index (χ2v) is 3.60. The molecule has 0 saturated heterocycles. The van der Waals surface area contributed by atoms with Crippen LogP contribution in [0.15, 0.2) is 6.33 Å². The second kappa shape index (κ2) is 7.57. The Kier molecular flexibility index (Phi) is 6.03. The van der Waals surface area contributed by atoms with Crippen molar-refractivity contribution in [3.8, 4) is 0 Å². The van der Waals surface area contributed by atoms with Gasteiger partial charge in [-0.05, 0) is 0 Å². The maximum atomic E-state index is 11.4. The van der Waals surface area contributed by atoms with Crippen LogP contribution in [0.4, 0.5) is 5.82 Å². The van der Waals surface area contributed by atoms with Crippen LogP contribution < -0.4 is 10.6 Å². The number of amides is 1. The van der Waals surface area contributed by atoms with Gasteiger partial charge in [-0.15, -0.1) is 0 Å². The number of halogens is 1. The van der Waals surface area contributed by atoms with Gasteiger partial charge < -0.3 is 15.4 Å². The topological polar surface area (TPSA) is 93.2 Å². The monoisotopic (exact) mass is 272 g/mol. The number of carbonyl (C=O) groups is 2. The summed E-state index contributed by atoms with van der Waals surface area (Å²) in [6, 6.07) is 0. The highest BCUT2D eigenvalue weighted by Crippen LogP contribution is 2.16. The lowest BCUT2D eigenvalue weighted by Crippen LogP contribution is -2.32. The van der Waals surface area contributed by atoms with Gasteiger partial charge in [0.2, 0.25) is 5.91 Å². The predicted molar refractivity (Wildman–Crippen MR) is 65.8 cm³/mol. The van der Waals surface area contributed by atoms with Gasteiger partial charge in [-0.25, -0.2) is 9.97 Å². The third kappa shape index (κ3) is 4.27. The first-order valence-electron chi connectivity index (χ1n) is 5.14. The minimum absolute atomic E-state index is 0.0160. The molecule has 0 saturated carbocycles. The van der Waals surface area contributed by atoms with Crippen molar-refractivity contribution in [1.29, 1.82) is 0 Å². The number of rotatable bonds is 7. The summed E-state index contributed by atoms with van der Waals surface area (Å²) < 4.78 is 4.79. The van der Waals surface area contributed by atoms with Crippen LogP contribution in [0.2, 0.25) is 5.15 Å². The van der Waals surface area contributed by atoms with Crippen molar-refractivity contribution in [2.24, 2.45) is 0 Å². The lowest BCUT2D eigenvalue weighted by Gasteiger charge is -2.08. The number of nitrogens with zero attached hydrogens (tertiary/aromatic N) is 2. The highest BCUT2D eigenvalue weighted by atomic mass is 35.5. The Morgan fingerprint density at radius 2 is 2.33 bits per heavy atom. The molecular weight excluding hydrogens is 260 g/mol. The molecular formula is C10H13ClN4O3. The van der Waals surface area contributed by atoms with Crippen molar-refractivity contribution in [3.05, 3.63) is 17.0 Å². The smallest absolute Gasteiger partial charge is 0.239 e. The summed E-state index contributed by atoms with van der Waals surface area (Å²) in [6.07, 6.45) is 1.74. The molecule has 0 fully saturated rings. The Morgan fingerprint density at radius 3 is 3.00 bits per heavy atom. The standard InChI is InChI=1S/C10H13ClN4O3/c1-18-3-2-12-8(17)4-13-10-7(5-16)9(11)14-6-15-10/h5-6H,2-4H2,1H3,(H,12,17)(H,13,14,15). The zero-order chi connectivity index (χ0) is 13.4. The first-order chi connectivity index (χ1) is 8.69. The van der Waals surface area contributed by atoms with Gasteiger partial charge in [0, 0.05) is 13.7 Å². The molecule has 0 bridgehead atoms. The fourth-order valence-electron chi connectivity index (χ4n) is 1.14. The first kappa shape index (κ1) is 14.3. The van der Waals surface area contributed by atoms with E-state index in [0.29, 0.717) is 19.4 Å². The highest BCUT2D eigenvalue weighted by molar-refractivity contribution is 6.32. The quantitative estimate of drug-likeness (QED) is 0.416. The van der Waals surface area contributed by atoms with Crippen LogP contribution >= 0.6 is 11.6 Å². The van der Waals surface area contributed by atoms with E-state index in [1.54, 1.807) is 7.11 Å². The molecule has 2 N–H and O–H groups in total. The molecule has 7 nitrogen and oxygen atoms in total. The fraction of sp³-hybridized carbons (Fsp3) is 0.400. The van der Waals surface area contributed by atoms with Crippen LogP contribution in [0.3, 0.4) is 0 Å². The molecule has 0 aliphatic rings. The van der Waals surface area contributed by atoms with Crippen LogP contribution in [-0.4, -0.2) is 49.0 Å². The molecule has 1 amide bonds. The molecule has 0 atom stereocenters. The van der Waals surface area contributed by atoms with Gasteiger partial charge in [0.15, 0.2) is 6.29 Å². The Morgan fingerprint density at radius 1 is 1.56 bits per heavy atom. The molecule has 0 unspecified atom stereocenters. The van der Waals surface area contributed by atoms with Gasteiger partial charge in [0.05, 0.1) is 18.7 Å². The molecule has 0 aromatic carbocycles. The average Bonchev–Trinajstić information content (AvgIpc) is 2.36. The maximum Gasteiger partial charge on any atom is 0.239 e. The zero-order valence-electron chi connectivity index (χ0n) is 9.77. The van der Waals surface area contributed by atoms with Crippen molar-refractivity contribution in [2.75, 3.05) is 32.1 Å². The number of aldehydes is 1. The molecule has 18 heavy (non-hydrogen) atoms. The molecule has 0 aliphatic carbocycles. The minimum atomic E-state index is -0.237. The number of carbonyl (C=O) groups excluding carboxylic acids is 2. The normalized spacial score (nSPS) is 9.89. The number of hydrogen-bond acceptors (Lipinski definition) is 6. The molecule has 98 valence electrons. The van der Waals surface area contributed by atoms with Crippen molar-refractivity contribution >= 4 is 29.6 Å². The molecule has 0 aliphatic heterocycles. The lowest BCUT2D eigenvalue weighted by molar-refractivity contribution is -0.119. The fourth-order valence-corrected chi connectivity index (χ4v) is 1.32. The number of hydrogen-bond donors (Lipinski definition) is 2. The van der Waals surface area contributed by atoms with Crippen molar-refractivity contribution in [3.63, 3.8) is 0 Å². The maximum absolute atomic E-state index is 11.4. The third-order valence-corrected chi connectivity index (χ3v) is 2.30. The summed E-state index contributed by atoms with van der Waals surface area (Å²) in [6.45, 7) is 0.838. The summed E-state index contributed by atoms with van der Waals surface area (Å²) >= 11 is 5.71. The molecule has 0 spiro atoms. The van der Waals surface area contributed by atoms with E-state index in [9.17, 15) is 9.59 Å². The van der Waals surface area contributed by atoms with Gasteiger partial charge in [-0.2, -0.15) is 0 Å². The van der Waals surface area contributed by atoms with Crippen LogP contribution in [0.25, 0.3) is 0 Å². The van der Waals surface area contributed by atoms with Crippen LogP contribution in [0.1, 0.15) is 10.4 Å². The second-order valence-electron chi connectivity index (χ2n) is 3.24. The number of aromatic nitrogens is 2. The van der Waals surface area contributed by atoms with E-state index in [0.717, 1.165) is 0 Å². The van der Waals surface area contributed by atoms with E-state index >= 15 is 0 Å². The van der Waals surface area contributed by atoms with E-state index in [4.69, 9.17) is 16.3 Å². The largest absolute Gasteiger partial charge is 0.383 e. The van der Waals surface area contributed by atoms with E-state index in [1.807, 2.05) is 0 Å². The van der Waals surface area contributed by atoms with Crippen molar-refractivity contribution < 1.29 is 14.3 Å². The lowest BCUT2D eigenvalue weighted by atomic mass is 10.3. The molecule has 8 heteroatoms. The molecule has 1 heterocycles. The highest BCUT2D eigenvalue weighted by Gasteiger charge is 2.09. The summed E-state index contributed by atoms with van der Waals surface area (Å²) in [5, 5.41) is 5.37. The number of nitrogens with one attached hydrogen (secondary N) is 2. The predicted octanol–water partition coefficient (Wildman–Crippen LogP) is 0.117. The van der Waals surface area contributed by atoms with Crippen molar-refractivity contribution in [2.45, 2.75) is 0 Å². The molecule has 1 aromatic heterocycles. The van der Waals surface area contributed by atoms with E-state index in [-0.39, 0.29) is 29.0 Å². The van der Waals surface area contributed by atoms with E-state index in [1.165, 1.54) is 6.33 Å². The van der Waals surface area contributed by atoms with Gasteiger partial charge in [-0.1, -0.05) is 11.6 Å². The summed E-state index contributed by atoms with van der Waals surface area (Å²) in [5.41, 5.74) is 0.129. The van der Waals surface area contributed by atoms with Crippen molar-refractivity contribution in [1.82, 2.24) is 15.3 Å². The molecule has 1 rings (SSSR count). The Balaban J connectivity index is 2.50. The average molecular weight is 273 g/mol. The van der Waals surface area contributed by atoms with Crippen LogP contribution in [-0.2, 0) is 9.53 Å². The Bertz CT molecular complexity index is 428. The SMILES string of the molecule is COCCNC(=O)CNc1ncnc(Cl)c1C=O. The van der Waals surface area contributed by atoms with E-state index in [2.05, 4.69) is 20.6 Å². The van der Waals surface area contributed by atoms with Gasteiger partial charge >= 0.3 is 0 Å². The molecule has 1 aromatic rings. The third-order valence-electron chi connectivity index (χ3n) is 2.00. The first-order valence-corrected chi connectivity index (χ1v) is 5.52.